The highest BCUT2D eigenvalue weighted by Gasteiger charge is 2.14. The van der Waals surface area contributed by atoms with E-state index in [0.717, 1.165) is 33.7 Å². The Morgan fingerprint density at radius 2 is 1.65 bits per heavy atom. The van der Waals surface area contributed by atoms with Crippen LogP contribution in [0.15, 0.2) is 65.6 Å². The van der Waals surface area contributed by atoms with Crippen LogP contribution in [-0.2, 0) is 23.0 Å². The molecule has 1 N–H and O–H groups in total. The van der Waals surface area contributed by atoms with Crippen LogP contribution >= 0.6 is 22.9 Å². The normalized spacial score (nSPS) is 11.6. The molecule has 0 atom stereocenters. The minimum Gasteiger partial charge on any atom is -0.207 e. The standard InChI is InChI=1S/C20H20ClNO2S2/c1-2-3-15-4-11-19(12-5-15)26(23,24)22-14-18-10-13-20(25-18)16-6-8-17(21)9-7-16/h4-13,22H,2-3,14H2,1H3. The maximum absolute atomic E-state index is 12.5. The zero-order valence-electron chi connectivity index (χ0n) is 14.4. The third-order valence-corrected chi connectivity index (χ3v) is 6.80. The topological polar surface area (TPSA) is 46.2 Å². The second-order valence-electron chi connectivity index (χ2n) is 5.99. The SMILES string of the molecule is CCCc1ccc(S(=O)(=O)NCc2ccc(-c3ccc(Cl)cc3)s2)cc1. The fourth-order valence-electron chi connectivity index (χ4n) is 2.62. The van der Waals surface area contributed by atoms with Gasteiger partial charge in [-0.05, 0) is 53.9 Å². The Morgan fingerprint density at radius 1 is 0.962 bits per heavy atom. The summed E-state index contributed by atoms with van der Waals surface area (Å²) in [6.45, 7) is 2.38. The maximum Gasteiger partial charge on any atom is 0.240 e. The van der Waals surface area contributed by atoms with E-state index in [2.05, 4.69) is 11.6 Å². The fourth-order valence-corrected chi connectivity index (χ4v) is 4.79. The number of rotatable bonds is 7. The fraction of sp³-hybridized carbons (Fsp3) is 0.200. The van der Waals surface area contributed by atoms with Gasteiger partial charge in [-0.1, -0.05) is 49.2 Å². The Kier molecular flexibility index (Phi) is 6.14. The quantitative estimate of drug-likeness (QED) is 0.564. The lowest BCUT2D eigenvalue weighted by molar-refractivity contribution is 0.582. The molecule has 2 aromatic carbocycles. The minimum atomic E-state index is -3.51. The molecule has 0 bridgehead atoms. The van der Waals surface area contributed by atoms with E-state index < -0.39 is 10.0 Å². The summed E-state index contributed by atoms with van der Waals surface area (Å²) in [5.74, 6) is 0. The van der Waals surface area contributed by atoms with E-state index in [4.69, 9.17) is 11.6 Å². The smallest absolute Gasteiger partial charge is 0.207 e. The number of hydrogen-bond acceptors (Lipinski definition) is 3. The van der Waals surface area contributed by atoms with Crippen molar-refractivity contribution in [2.75, 3.05) is 0 Å². The van der Waals surface area contributed by atoms with Crippen LogP contribution < -0.4 is 4.72 Å². The molecule has 136 valence electrons. The summed E-state index contributed by atoms with van der Waals surface area (Å²) in [4.78, 5) is 2.34. The van der Waals surface area contributed by atoms with Gasteiger partial charge in [0.2, 0.25) is 10.0 Å². The molecule has 1 heterocycles. The predicted molar refractivity (Wildman–Crippen MR) is 109 cm³/mol. The molecular weight excluding hydrogens is 386 g/mol. The van der Waals surface area contributed by atoms with Gasteiger partial charge in [0.25, 0.3) is 0 Å². The van der Waals surface area contributed by atoms with Crippen LogP contribution in [0.2, 0.25) is 5.02 Å². The highest BCUT2D eigenvalue weighted by molar-refractivity contribution is 7.89. The molecule has 0 radical (unpaired) electrons. The van der Waals surface area contributed by atoms with Gasteiger partial charge >= 0.3 is 0 Å². The van der Waals surface area contributed by atoms with Crippen LogP contribution in [0, 0.1) is 0 Å². The monoisotopic (exact) mass is 405 g/mol. The highest BCUT2D eigenvalue weighted by Crippen LogP contribution is 2.29. The van der Waals surface area contributed by atoms with Gasteiger partial charge in [0.05, 0.1) is 4.90 Å². The first kappa shape index (κ1) is 19.1. The molecule has 0 aliphatic heterocycles. The van der Waals surface area contributed by atoms with Crippen molar-refractivity contribution in [2.45, 2.75) is 31.2 Å². The minimum absolute atomic E-state index is 0.275. The van der Waals surface area contributed by atoms with Crippen molar-refractivity contribution in [3.63, 3.8) is 0 Å². The zero-order chi connectivity index (χ0) is 18.6. The van der Waals surface area contributed by atoms with E-state index in [1.54, 1.807) is 23.5 Å². The summed E-state index contributed by atoms with van der Waals surface area (Å²) in [5.41, 5.74) is 2.22. The lowest BCUT2D eigenvalue weighted by Gasteiger charge is -2.07. The zero-order valence-corrected chi connectivity index (χ0v) is 16.8. The molecular formula is C20H20ClNO2S2. The van der Waals surface area contributed by atoms with E-state index >= 15 is 0 Å². The van der Waals surface area contributed by atoms with Crippen LogP contribution in [0.3, 0.4) is 0 Å². The van der Waals surface area contributed by atoms with Crippen LogP contribution in [0.25, 0.3) is 10.4 Å². The Bertz CT molecular complexity index is 962. The molecule has 0 saturated heterocycles. The summed E-state index contributed by atoms with van der Waals surface area (Å²) >= 11 is 7.48. The maximum atomic E-state index is 12.5. The average Bonchev–Trinajstić information content (AvgIpc) is 3.11. The summed E-state index contributed by atoms with van der Waals surface area (Å²) in [6, 6.07) is 18.6. The second kappa shape index (κ2) is 8.35. The highest BCUT2D eigenvalue weighted by atomic mass is 35.5. The van der Waals surface area contributed by atoms with Gasteiger partial charge in [0.1, 0.15) is 0 Å². The van der Waals surface area contributed by atoms with Gasteiger partial charge in [-0.3, -0.25) is 0 Å². The van der Waals surface area contributed by atoms with Crippen molar-refractivity contribution in [1.29, 1.82) is 0 Å². The number of nitrogens with one attached hydrogen (secondary N) is 1. The van der Waals surface area contributed by atoms with Crippen molar-refractivity contribution in [3.05, 3.63) is 76.1 Å². The first-order valence-electron chi connectivity index (χ1n) is 8.41. The number of hydrogen-bond donors (Lipinski definition) is 1. The number of sulfonamides is 1. The first-order chi connectivity index (χ1) is 12.5. The van der Waals surface area contributed by atoms with E-state index in [1.165, 1.54) is 0 Å². The summed E-state index contributed by atoms with van der Waals surface area (Å²) in [7, 11) is -3.51. The second-order valence-corrected chi connectivity index (χ2v) is 9.36. The van der Waals surface area contributed by atoms with Gasteiger partial charge in [0.15, 0.2) is 0 Å². The van der Waals surface area contributed by atoms with E-state index in [-0.39, 0.29) is 6.54 Å². The number of benzene rings is 2. The van der Waals surface area contributed by atoms with E-state index in [9.17, 15) is 8.42 Å². The molecule has 0 unspecified atom stereocenters. The van der Waals surface area contributed by atoms with E-state index in [0.29, 0.717) is 9.92 Å². The Labute approximate surface area is 163 Å². The summed E-state index contributed by atoms with van der Waals surface area (Å²) in [6.07, 6.45) is 2.00. The van der Waals surface area contributed by atoms with Crippen LogP contribution in [0.4, 0.5) is 0 Å². The largest absolute Gasteiger partial charge is 0.240 e. The number of halogens is 1. The lowest BCUT2D eigenvalue weighted by Crippen LogP contribution is -2.22. The van der Waals surface area contributed by atoms with E-state index in [1.807, 2.05) is 48.5 Å². The Hall–Kier alpha value is -1.66. The Morgan fingerprint density at radius 3 is 2.31 bits per heavy atom. The third-order valence-electron chi connectivity index (χ3n) is 4.00. The molecule has 6 heteroatoms. The summed E-state index contributed by atoms with van der Waals surface area (Å²) < 4.78 is 27.6. The predicted octanol–water partition coefficient (Wildman–Crippen LogP) is 5.50. The molecule has 3 aromatic rings. The molecule has 26 heavy (non-hydrogen) atoms. The Balaban J connectivity index is 1.67. The number of thiophene rings is 1. The average molecular weight is 406 g/mol. The molecule has 0 amide bonds. The molecule has 1 aromatic heterocycles. The van der Waals surface area contributed by atoms with Gasteiger partial charge in [-0.2, -0.15) is 0 Å². The number of aryl methyl sites for hydroxylation is 1. The van der Waals surface area contributed by atoms with Crippen LogP contribution in [-0.4, -0.2) is 8.42 Å². The third kappa shape index (κ3) is 4.74. The van der Waals surface area contributed by atoms with Crippen molar-refractivity contribution in [3.8, 4) is 10.4 Å². The van der Waals surface area contributed by atoms with Crippen molar-refractivity contribution < 1.29 is 8.42 Å². The van der Waals surface area contributed by atoms with Crippen LogP contribution in [0.5, 0.6) is 0 Å². The van der Waals surface area contributed by atoms with Gasteiger partial charge in [-0.25, -0.2) is 13.1 Å². The molecule has 0 saturated carbocycles. The molecule has 0 fully saturated rings. The summed E-state index contributed by atoms with van der Waals surface area (Å²) in [5, 5.41) is 0.697. The first-order valence-corrected chi connectivity index (χ1v) is 11.1. The molecule has 0 aliphatic carbocycles. The molecule has 3 rings (SSSR count). The van der Waals surface area contributed by atoms with Gasteiger partial charge < -0.3 is 0 Å². The molecule has 3 nitrogen and oxygen atoms in total. The van der Waals surface area contributed by atoms with Crippen LogP contribution in [0.1, 0.15) is 23.8 Å². The van der Waals surface area contributed by atoms with Gasteiger partial charge in [0, 0.05) is 21.3 Å². The molecule has 0 aliphatic rings. The van der Waals surface area contributed by atoms with Gasteiger partial charge in [-0.15, -0.1) is 11.3 Å². The molecule has 0 spiro atoms. The lowest BCUT2D eigenvalue weighted by atomic mass is 10.1. The van der Waals surface area contributed by atoms with Crippen molar-refractivity contribution in [2.24, 2.45) is 0 Å². The van der Waals surface area contributed by atoms with Crippen molar-refractivity contribution in [1.82, 2.24) is 4.72 Å². The van der Waals surface area contributed by atoms with Crippen molar-refractivity contribution >= 4 is 33.0 Å².